The zero-order valence-corrected chi connectivity index (χ0v) is 9.32. The molecule has 0 aromatic heterocycles. The van der Waals surface area contributed by atoms with E-state index in [4.69, 9.17) is 9.31 Å². The van der Waals surface area contributed by atoms with Gasteiger partial charge < -0.3 is 9.31 Å². The van der Waals surface area contributed by atoms with Gasteiger partial charge in [-0.15, -0.1) is 0 Å². The van der Waals surface area contributed by atoms with Gasteiger partial charge in [-0.25, -0.2) is 0 Å². The topological polar surface area (TPSA) is 18.5 Å². The molecule has 17 heavy (non-hydrogen) atoms. The minimum atomic E-state index is -0.0569. The van der Waals surface area contributed by atoms with Gasteiger partial charge in [0.2, 0.25) is 0 Å². The maximum atomic E-state index is 5.56. The molecule has 1 heterocycles. The molecule has 3 heteroatoms. The van der Waals surface area contributed by atoms with E-state index in [2.05, 4.69) is 24.3 Å². The minimum Gasteiger partial charge on any atom is -0.403 e. The van der Waals surface area contributed by atoms with Crippen LogP contribution in [-0.2, 0) is 9.31 Å². The van der Waals surface area contributed by atoms with Crippen LogP contribution in [0.25, 0.3) is 0 Å². The molecular formula is C14H12BO2. The van der Waals surface area contributed by atoms with Crippen molar-refractivity contribution in [1.82, 2.24) is 0 Å². The normalized spacial score (nSPS) is 23.3. The molecule has 1 saturated heterocycles. The number of hydrogen-bond donors (Lipinski definition) is 0. The van der Waals surface area contributed by atoms with Crippen LogP contribution in [0.5, 0.6) is 0 Å². The second-order valence-electron chi connectivity index (χ2n) is 4.03. The standard InChI is InChI=1S/C14H12BO2/c1-3-7-11(8-4-1)13-14(17-15-16-13)12-9-5-2-6-10-12/h1-10,13-14H/t13-,14-/m1/s1. The fourth-order valence-electron chi connectivity index (χ4n) is 2.09. The van der Waals surface area contributed by atoms with Crippen molar-refractivity contribution in [2.45, 2.75) is 12.2 Å². The average Bonchev–Trinajstić information content (AvgIpc) is 2.90. The fourth-order valence-corrected chi connectivity index (χ4v) is 2.09. The van der Waals surface area contributed by atoms with Gasteiger partial charge in [0, 0.05) is 0 Å². The van der Waals surface area contributed by atoms with Gasteiger partial charge in [-0.3, -0.25) is 0 Å². The van der Waals surface area contributed by atoms with Gasteiger partial charge in [0.15, 0.2) is 0 Å². The van der Waals surface area contributed by atoms with Gasteiger partial charge >= 0.3 is 7.69 Å². The largest absolute Gasteiger partial charge is 0.489 e. The molecule has 2 nitrogen and oxygen atoms in total. The average molecular weight is 223 g/mol. The van der Waals surface area contributed by atoms with E-state index >= 15 is 0 Å². The van der Waals surface area contributed by atoms with Crippen molar-refractivity contribution in [3.05, 3.63) is 71.8 Å². The molecule has 0 bridgehead atoms. The minimum absolute atomic E-state index is 0.0569. The molecule has 2 aromatic rings. The van der Waals surface area contributed by atoms with E-state index in [1.165, 1.54) is 7.69 Å². The highest BCUT2D eigenvalue weighted by Crippen LogP contribution is 2.38. The van der Waals surface area contributed by atoms with E-state index in [0.29, 0.717) is 0 Å². The zero-order chi connectivity index (χ0) is 11.5. The van der Waals surface area contributed by atoms with Crippen LogP contribution < -0.4 is 0 Å². The molecule has 83 valence electrons. The SMILES string of the molecule is [B]1O[C@H](c2ccccc2)[C@@H](c2ccccc2)O1. The lowest BCUT2D eigenvalue weighted by Gasteiger charge is -2.19. The van der Waals surface area contributed by atoms with Crippen molar-refractivity contribution in [1.29, 1.82) is 0 Å². The third kappa shape index (κ3) is 2.12. The highest BCUT2D eigenvalue weighted by molar-refractivity contribution is 6.19. The van der Waals surface area contributed by atoms with Crippen LogP contribution in [0.1, 0.15) is 23.3 Å². The summed E-state index contributed by atoms with van der Waals surface area (Å²) >= 11 is 0. The molecule has 0 N–H and O–H groups in total. The van der Waals surface area contributed by atoms with Crippen LogP contribution in [-0.4, -0.2) is 7.69 Å². The van der Waals surface area contributed by atoms with Gasteiger partial charge in [0.25, 0.3) is 0 Å². The van der Waals surface area contributed by atoms with Crippen molar-refractivity contribution >= 4 is 7.69 Å². The van der Waals surface area contributed by atoms with E-state index < -0.39 is 0 Å². The Labute approximate surface area is 101 Å². The summed E-state index contributed by atoms with van der Waals surface area (Å²) < 4.78 is 11.1. The summed E-state index contributed by atoms with van der Waals surface area (Å²) in [7, 11) is 1.44. The van der Waals surface area contributed by atoms with E-state index in [1.54, 1.807) is 0 Å². The zero-order valence-electron chi connectivity index (χ0n) is 9.32. The van der Waals surface area contributed by atoms with E-state index in [-0.39, 0.29) is 12.2 Å². The summed E-state index contributed by atoms with van der Waals surface area (Å²) in [6.07, 6.45) is -0.114. The molecule has 0 amide bonds. The summed E-state index contributed by atoms with van der Waals surface area (Å²) in [6, 6.07) is 20.3. The Bertz CT molecular complexity index is 427. The Morgan fingerprint density at radius 2 is 1.06 bits per heavy atom. The maximum absolute atomic E-state index is 5.56. The van der Waals surface area contributed by atoms with Crippen molar-refractivity contribution in [3.8, 4) is 0 Å². The molecule has 0 unspecified atom stereocenters. The molecule has 0 aliphatic carbocycles. The summed E-state index contributed by atoms with van der Waals surface area (Å²) in [4.78, 5) is 0. The van der Waals surface area contributed by atoms with Crippen molar-refractivity contribution in [2.75, 3.05) is 0 Å². The molecule has 3 rings (SSSR count). The first-order chi connectivity index (χ1) is 8.45. The molecule has 2 atom stereocenters. The summed E-state index contributed by atoms with van der Waals surface area (Å²) in [5.41, 5.74) is 2.27. The Morgan fingerprint density at radius 1 is 0.647 bits per heavy atom. The Kier molecular flexibility index (Phi) is 2.95. The Balaban J connectivity index is 1.91. The third-order valence-electron chi connectivity index (χ3n) is 2.94. The first-order valence-corrected chi connectivity index (χ1v) is 5.67. The summed E-state index contributed by atoms with van der Waals surface area (Å²) in [5.74, 6) is 0. The number of benzene rings is 2. The second kappa shape index (κ2) is 4.74. The highest BCUT2D eigenvalue weighted by atomic mass is 16.6. The van der Waals surface area contributed by atoms with Crippen molar-refractivity contribution in [3.63, 3.8) is 0 Å². The molecule has 1 aliphatic rings. The predicted molar refractivity (Wildman–Crippen MR) is 66.3 cm³/mol. The van der Waals surface area contributed by atoms with Crippen LogP contribution in [0.15, 0.2) is 60.7 Å². The van der Waals surface area contributed by atoms with Crippen LogP contribution >= 0.6 is 0 Å². The summed E-state index contributed by atoms with van der Waals surface area (Å²) in [6.45, 7) is 0. The molecular weight excluding hydrogens is 211 g/mol. The smallest absolute Gasteiger partial charge is 0.403 e. The monoisotopic (exact) mass is 223 g/mol. The molecule has 1 aliphatic heterocycles. The lowest BCUT2D eigenvalue weighted by atomic mass is 9.99. The molecule has 0 spiro atoms. The summed E-state index contributed by atoms with van der Waals surface area (Å²) in [5, 5.41) is 0. The predicted octanol–water partition coefficient (Wildman–Crippen LogP) is 3.05. The van der Waals surface area contributed by atoms with Gasteiger partial charge in [-0.05, 0) is 11.1 Å². The van der Waals surface area contributed by atoms with Crippen LogP contribution in [0.4, 0.5) is 0 Å². The van der Waals surface area contributed by atoms with Gasteiger partial charge in [-0.1, -0.05) is 60.7 Å². The highest BCUT2D eigenvalue weighted by Gasteiger charge is 2.32. The van der Waals surface area contributed by atoms with E-state index in [9.17, 15) is 0 Å². The van der Waals surface area contributed by atoms with Gasteiger partial charge in [0.1, 0.15) is 0 Å². The Hall–Kier alpha value is -1.58. The van der Waals surface area contributed by atoms with Gasteiger partial charge in [-0.2, -0.15) is 0 Å². The van der Waals surface area contributed by atoms with E-state index in [1.807, 2.05) is 36.4 Å². The first-order valence-electron chi connectivity index (χ1n) is 5.67. The van der Waals surface area contributed by atoms with Crippen molar-refractivity contribution in [2.24, 2.45) is 0 Å². The second-order valence-corrected chi connectivity index (χ2v) is 4.03. The maximum Gasteiger partial charge on any atom is 0.489 e. The molecule has 1 radical (unpaired) electrons. The number of rotatable bonds is 2. The quantitative estimate of drug-likeness (QED) is 0.728. The fraction of sp³-hybridized carbons (Fsp3) is 0.143. The van der Waals surface area contributed by atoms with E-state index in [0.717, 1.165) is 11.1 Å². The lowest BCUT2D eigenvalue weighted by Crippen LogP contribution is -2.06. The van der Waals surface area contributed by atoms with Crippen molar-refractivity contribution < 1.29 is 9.31 Å². The third-order valence-corrected chi connectivity index (χ3v) is 2.94. The first kappa shape index (κ1) is 10.6. The molecule has 2 aromatic carbocycles. The molecule has 0 saturated carbocycles. The molecule has 1 fully saturated rings. The van der Waals surface area contributed by atoms with Gasteiger partial charge in [0.05, 0.1) is 12.2 Å². The van der Waals surface area contributed by atoms with Crippen LogP contribution in [0.2, 0.25) is 0 Å². The number of hydrogen-bond acceptors (Lipinski definition) is 2. The lowest BCUT2D eigenvalue weighted by molar-refractivity contribution is 0.159. The van der Waals surface area contributed by atoms with Crippen LogP contribution in [0, 0.1) is 0 Å². The Morgan fingerprint density at radius 3 is 1.47 bits per heavy atom. The van der Waals surface area contributed by atoms with Crippen LogP contribution in [0.3, 0.4) is 0 Å².